The summed E-state index contributed by atoms with van der Waals surface area (Å²) < 4.78 is 23.8. The molecule has 9 nitrogen and oxygen atoms in total. The fraction of sp³-hybridized carbons (Fsp3) is 0.227. The van der Waals surface area contributed by atoms with Crippen LogP contribution in [0.3, 0.4) is 0 Å². The Morgan fingerprint density at radius 2 is 2.00 bits per heavy atom. The van der Waals surface area contributed by atoms with Crippen molar-refractivity contribution in [3.05, 3.63) is 64.5 Å². The maximum atomic E-state index is 13.3. The Hall–Kier alpha value is -2.89. The van der Waals surface area contributed by atoms with Gasteiger partial charge in [-0.15, -0.1) is 4.36 Å². The van der Waals surface area contributed by atoms with Crippen LogP contribution in [0, 0.1) is 0 Å². The quantitative estimate of drug-likeness (QED) is 0.178. The van der Waals surface area contributed by atoms with Gasteiger partial charge in [0.15, 0.2) is 0 Å². The number of aromatic nitrogens is 2. The zero-order valence-corrected chi connectivity index (χ0v) is 21.5. The fourth-order valence-corrected chi connectivity index (χ4v) is 4.65. The van der Waals surface area contributed by atoms with Crippen molar-refractivity contribution in [2.75, 3.05) is 35.8 Å². The van der Waals surface area contributed by atoms with E-state index in [-0.39, 0.29) is 5.28 Å². The average Bonchev–Trinajstić information content (AvgIpc) is 2.78. The van der Waals surface area contributed by atoms with Crippen molar-refractivity contribution in [2.45, 2.75) is 17.7 Å². The highest BCUT2D eigenvalue weighted by Crippen LogP contribution is 2.28. The molecule has 0 radical (unpaired) electrons. The number of carbonyl (C=O) groups excluding carboxylic acids is 1. The summed E-state index contributed by atoms with van der Waals surface area (Å²) in [5.41, 5.74) is 6.91. The number of anilines is 3. The Kier molecular flexibility index (Phi) is 9.08. The van der Waals surface area contributed by atoms with Crippen LogP contribution in [0.1, 0.15) is 12.8 Å². The normalized spacial score (nSPS) is 12.4. The van der Waals surface area contributed by atoms with Gasteiger partial charge in [-0.05, 0) is 64.6 Å². The van der Waals surface area contributed by atoms with Gasteiger partial charge in [-0.2, -0.15) is 4.98 Å². The highest BCUT2D eigenvalue weighted by Gasteiger charge is 2.16. The van der Waals surface area contributed by atoms with Crippen molar-refractivity contribution in [3.8, 4) is 5.75 Å². The number of para-hydroxylation sites is 1. The van der Waals surface area contributed by atoms with Crippen LogP contribution in [-0.4, -0.2) is 39.6 Å². The number of nitrogen functional groups attached to an aromatic ring is 1. The first-order valence-electron chi connectivity index (χ1n) is 10.3. The Morgan fingerprint density at radius 3 is 2.76 bits per heavy atom. The third-order valence-electron chi connectivity index (χ3n) is 4.49. The first kappa shape index (κ1) is 25.7. The lowest BCUT2D eigenvalue weighted by molar-refractivity contribution is 0.260. The molecule has 34 heavy (non-hydrogen) atoms. The van der Waals surface area contributed by atoms with Crippen molar-refractivity contribution in [1.82, 2.24) is 9.97 Å². The molecule has 1 unspecified atom stereocenters. The number of ether oxygens (including phenoxy) is 1. The molecule has 2 aromatic carbocycles. The second kappa shape index (κ2) is 12.0. The summed E-state index contributed by atoms with van der Waals surface area (Å²) in [6.45, 7) is 0.994. The molecule has 1 aromatic heterocycles. The molecule has 1 heterocycles. The van der Waals surface area contributed by atoms with E-state index in [2.05, 4.69) is 40.9 Å². The largest absolute Gasteiger partial charge is 0.492 e. The predicted octanol–water partition coefficient (Wildman–Crippen LogP) is 5.43. The maximum absolute atomic E-state index is 13.3. The van der Waals surface area contributed by atoms with Crippen molar-refractivity contribution in [3.63, 3.8) is 0 Å². The summed E-state index contributed by atoms with van der Waals surface area (Å²) in [5, 5.41) is 5.94. The third kappa shape index (κ3) is 7.57. The van der Waals surface area contributed by atoms with Gasteiger partial charge in [0.1, 0.15) is 11.6 Å². The standard InChI is InChI=1S/C22H24BrClN6O3S/c1-34(32,30-22(31)28-16-7-3-2-4-8-16)19-10-9-15(25)13-18(19)33-12-6-5-11-26-20-17(23)14-27-21(24)29-20/h2-4,7-10,13-14H,5-6,11-12,25H2,1H3,(H,28,31)(H,26,27,29). The molecule has 0 saturated carbocycles. The molecular formula is C22H24BrClN6O3S. The van der Waals surface area contributed by atoms with E-state index in [1.165, 1.54) is 6.26 Å². The summed E-state index contributed by atoms with van der Waals surface area (Å²) in [7, 11) is -3.08. The minimum absolute atomic E-state index is 0.161. The number of rotatable bonds is 9. The molecule has 0 saturated heterocycles. The number of unbranched alkanes of at least 4 members (excludes halogenated alkanes) is 1. The Bertz CT molecular complexity index is 1270. The lowest BCUT2D eigenvalue weighted by atomic mass is 10.3. The summed E-state index contributed by atoms with van der Waals surface area (Å²) in [5.74, 6) is 0.946. The SMILES string of the molecule is CS(=O)(=NC(=O)Nc1ccccc1)c1ccc(N)cc1OCCCCNc1nc(Cl)ncc1Br. The highest BCUT2D eigenvalue weighted by atomic mass is 79.9. The lowest BCUT2D eigenvalue weighted by Crippen LogP contribution is -2.12. The third-order valence-corrected chi connectivity index (χ3v) is 6.92. The molecule has 0 aliphatic rings. The Morgan fingerprint density at radius 1 is 1.24 bits per heavy atom. The first-order valence-corrected chi connectivity index (χ1v) is 13.4. The van der Waals surface area contributed by atoms with Crippen molar-refractivity contribution >= 4 is 60.5 Å². The van der Waals surface area contributed by atoms with Gasteiger partial charge in [0, 0.05) is 36.4 Å². The summed E-state index contributed by atoms with van der Waals surface area (Å²) in [6.07, 6.45) is 4.45. The molecule has 0 bridgehead atoms. The number of nitrogens with zero attached hydrogens (tertiary/aromatic N) is 3. The molecule has 180 valence electrons. The van der Waals surface area contributed by atoms with E-state index in [0.29, 0.717) is 47.4 Å². The van der Waals surface area contributed by atoms with Crippen LogP contribution in [0.2, 0.25) is 5.28 Å². The second-order valence-corrected chi connectivity index (χ2v) is 10.6. The summed E-state index contributed by atoms with van der Waals surface area (Å²) >= 11 is 9.18. The smallest absolute Gasteiger partial charge is 0.353 e. The first-order chi connectivity index (χ1) is 16.2. The predicted molar refractivity (Wildman–Crippen MR) is 139 cm³/mol. The number of hydrogen-bond acceptors (Lipinski definition) is 7. The molecule has 2 amide bonds. The van der Waals surface area contributed by atoms with Crippen LogP contribution in [0.15, 0.2) is 68.5 Å². The molecule has 0 aliphatic heterocycles. The molecule has 0 aliphatic carbocycles. The molecule has 12 heteroatoms. The average molecular weight is 568 g/mol. The number of urea groups is 1. The molecule has 1 atom stereocenters. The number of amides is 2. The summed E-state index contributed by atoms with van der Waals surface area (Å²) in [6, 6.07) is 12.9. The number of carbonyl (C=O) groups is 1. The molecule has 4 N–H and O–H groups in total. The molecule has 0 spiro atoms. The van der Waals surface area contributed by atoms with E-state index in [0.717, 1.165) is 10.9 Å². The van der Waals surface area contributed by atoms with Crippen LogP contribution in [0.5, 0.6) is 5.75 Å². The van der Waals surface area contributed by atoms with Gasteiger partial charge in [0.2, 0.25) is 5.28 Å². The topological polar surface area (TPSA) is 132 Å². The van der Waals surface area contributed by atoms with Crippen LogP contribution in [-0.2, 0) is 9.73 Å². The lowest BCUT2D eigenvalue weighted by Gasteiger charge is -2.14. The minimum atomic E-state index is -3.08. The molecule has 0 fully saturated rings. The van der Waals surface area contributed by atoms with E-state index < -0.39 is 15.8 Å². The van der Waals surface area contributed by atoms with Crippen LogP contribution in [0.4, 0.5) is 22.0 Å². The van der Waals surface area contributed by atoms with Crippen molar-refractivity contribution in [1.29, 1.82) is 0 Å². The minimum Gasteiger partial charge on any atom is -0.492 e. The van der Waals surface area contributed by atoms with Gasteiger partial charge < -0.3 is 21.1 Å². The number of nitrogens with two attached hydrogens (primary N) is 1. The fourth-order valence-electron chi connectivity index (χ4n) is 2.91. The zero-order valence-electron chi connectivity index (χ0n) is 18.3. The number of halogens is 2. The molecule has 3 rings (SSSR count). The van der Waals surface area contributed by atoms with Gasteiger partial charge in [-0.3, -0.25) is 0 Å². The monoisotopic (exact) mass is 566 g/mol. The van der Waals surface area contributed by atoms with E-state index in [4.69, 9.17) is 22.1 Å². The van der Waals surface area contributed by atoms with Crippen LogP contribution in [0.25, 0.3) is 0 Å². The zero-order chi connectivity index (χ0) is 24.6. The van der Waals surface area contributed by atoms with Gasteiger partial charge in [0.25, 0.3) is 0 Å². The number of benzene rings is 2. The van der Waals surface area contributed by atoms with E-state index >= 15 is 0 Å². The van der Waals surface area contributed by atoms with Crippen molar-refractivity contribution in [2.24, 2.45) is 4.36 Å². The van der Waals surface area contributed by atoms with Gasteiger partial charge in [-0.1, -0.05) is 18.2 Å². The van der Waals surface area contributed by atoms with Gasteiger partial charge >= 0.3 is 6.03 Å². The van der Waals surface area contributed by atoms with Crippen LogP contribution >= 0.6 is 27.5 Å². The van der Waals surface area contributed by atoms with E-state index in [1.54, 1.807) is 48.7 Å². The van der Waals surface area contributed by atoms with Gasteiger partial charge in [-0.25, -0.2) is 14.0 Å². The van der Waals surface area contributed by atoms with Crippen LogP contribution < -0.4 is 21.1 Å². The maximum Gasteiger partial charge on any atom is 0.353 e. The second-order valence-electron chi connectivity index (χ2n) is 7.21. The van der Waals surface area contributed by atoms with E-state index in [1.807, 2.05) is 6.07 Å². The number of nitrogens with one attached hydrogen (secondary N) is 2. The Labute approximate surface area is 211 Å². The summed E-state index contributed by atoms with van der Waals surface area (Å²) in [4.78, 5) is 20.6. The Balaban J connectivity index is 1.60. The van der Waals surface area contributed by atoms with Crippen molar-refractivity contribution < 1.29 is 13.7 Å². The highest BCUT2D eigenvalue weighted by molar-refractivity contribution is 9.10. The van der Waals surface area contributed by atoms with Gasteiger partial charge in [0.05, 0.1) is 25.7 Å². The molecular weight excluding hydrogens is 544 g/mol. The number of hydrogen-bond donors (Lipinski definition) is 3. The molecule has 3 aromatic rings. The van der Waals surface area contributed by atoms with E-state index in [9.17, 15) is 9.00 Å².